The summed E-state index contributed by atoms with van der Waals surface area (Å²) in [6.07, 6.45) is 19.9. The van der Waals surface area contributed by atoms with Gasteiger partial charge in [0.15, 0.2) is 34.7 Å². The molecule has 3 saturated carbocycles. The number of ether oxygens (including phenoxy) is 4. The second-order valence-corrected chi connectivity index (χ2v) is 25.8. The quantitative estimate of drug-likeness (QED) is 0.0364. The van der Waals surface area contributed by atoms with E-state index in [9.17, 15) is 19.2 Å². The van der Waals surface area contributed by atoms with Gasteiger partial charge in [0.25, 0.3) is 0 Å². The van der Waals surface area contributed by atoms with Crippen molar-refractivity contribution in [2.75, 3.05) is 77.1 Å². The molecule has 0 N–H and O–H groups in total. The van der Waals surface area contributed by atoms with Crippen molar-refractivity contribution in [2.24, 2.45) is 22.7 Å². The van der Waals surface area contributed by atoms with Crippen molar-refractivity contribution in [1.82, 2.24) is 39.5 Å². The fourth-order valence-corrected chi connectivity index (χ4v) is 17.3. The second-order valence-electron chi connectivity index (χ2n) is 23.9. The third-order valence-corrected chi connectivity index (χ3v) is 21.6. The first-order valence-corrected chi connectivity index (χ1v) is 31.7. The number of anilines is 1. The monoisotopic (exact) mass is 1100 g/mol. The summed E-state index contributed by atoms with van der Waals surface area (Å²) >= 11 is 3.19. The lowest BCUT2D eigenvalue weighted by molar-refractivity contribution is -0.255. The normalized spacial score (nSPS) is 29.6. The van der Waals surface area contributed by atoms with Crippen molar-refractivity contribution in [3.63, 3.8) is 0 Å². The third kappa shape index (κ3) is 9.75. The standard InChI is InChI=1S/C58H83N9O8S2/c1-7-41-45-52(60-50(62-54(45)76-6)47(70)39-17-13-25-56(48(39)71)24-9-11-27-58(56)74-33-34-75-58)67(63-41)44(43-19-15-29-65(43)5)21-35-77-53-40-20-30-66(38(3)42-18-14-28-64(42)4)51(40)59-49(61-53)46(69)37(2)16-12-23-55(36-68)22-8-10-26-57(55)72-31-32-73-57/h36-39,42-44H,7-35H2,1-6H3/t37?,38?,39?,42-,43-,44-,55-,56-/m0/s1. The molecule has 4 saturated heterocycles. The molecule has 3 aromatic heterocycles. The molecule has 19 heteroatoms. The zero-order valence-corrected chi connectivity index (χ0v) is 48.3. The molecule has 420 valence electrons. The lowest BCUT2D eigenvalue weighted by Gasteiger charge is -2.51. The molecule has 17 nitrogen and oxygen atoms in total. The largest absolute Gasteiger partial charge is 0.352 e. The van der Waals surface area contributed by atoms with Crippen molar-refractivity contribution in [1.29, 1.82) is 0 Å². The number of Topliss-reactive ketones (excluding diaryl/α,β-unsaturated/α-hetero) is 3. The van der Waals surface area contributed by atoms with Crippen LogP contribution in [0.25, 0.3) is 11.0 Å². The molecule has 8 atom stereocenters. The molecule has 3 unspecified atom stereocenters. The number of aldehydes is 1. The Bertz CT molecular complexity index is 2690. The van der Waals surface area contributed by atoms with Gasteiger partial charge in [-0.25, -0.2) is 24.6 Å². The molecular formula is C58H83N9O8S2. The number of carbonyl (C=O) groups excluding carboxylic acids is 4. The number of hydrogen-bond acceptors (Lipinski definition) is 18. The number of hydrogen-bond donors (Lipinski definition) is 0. The highest BCUT2D eigenvalue weighted by molar-refractivity contribution is 7.99. The van der Waals surface area contributed by atoms with Crippen LogP contribution in [-0.4, -0.2) is 165 Å². The van der Waals surface area contributed by atoms with Crippen LogP contribution in [0, 0.1) is 22.7 Å². The molecule has 3 aromatic rings. The molecule has 77 heavy (non-hydrogen) atoms. The van der Waals surface area contributed by atoms with E-state index in [4.69, 9.17) is 44.0 Å². The van der Waals surface area contributed by atoms with E-state index < -0.39 is 28.3 Å². The van der Waals surface area contributed by atoms with Crippen molar-refractivity contribution < 1.29 is 38.1 Å². The number of nitrogens with zero attached hydrogens (tertiary/aromatic N) is 9. The first-order chi connectivity index (χ1) is 37.3. The lowest BCUT2D eigenvalue weighted by Crippen LogP contribution is -2.60. The van der Waals surface area contributed by atoms with Gasteiger partial charge in [0.2, 0.25) is 11.6 Å². The van der Waals surface area contributed by atoms with E-state index in [-0.39, 0.29) is 53.0 Å². The maximum atomic E-state index is 15.0. The lowest BCUT2D eigenvalue weighted by atomic mass is 9.57. The van der Waals surface area contributed by atoms with Gasteiger partial charge >= 0.3 is 0 Å². The minimum Gasteiger partial charge on any atom is -0.352 e. The maximum absolute atomic E-state index is 15.0. The van der Waals surface area contributed by atoms with Gasteiger partial charge in [-0.05, 0) is 137 Å². The topological polar surface area (TPSA) is 184 Å². The smallest absolute Gasteiger partial charge is 0.210 e. The molecule has 8 aliphatic rings. The first-order valence-electron chi connectivity index (χ1n) is 29.5. The summed E-state index contributed by atoms with van der Waals surface area (Å²) in [4.78, 5) is 85.3. The number of aryl methyl sites for hydroxylation is 1. The fourth-order valence-electron chi connectivity index (χ4n) is 15.7. The summed E-state index contributed by atoms with van der Waals surface area (Å²) in [5.74, 6) is -1.58. The van der Waals surface area contributed by atoms with Crippen molar-refractivity contribution in [3.05, 3.63) is 22.9 Å². The maximum Gasteiger partial charge on any atom is 0.210 e. The van der Waals surface area contributed by atoms with Crippen LogP contribution in [0.1, 0.15) is 181 Å². The molecule has 3 aliphatic carbocycles. The Morgan fingerprint density at radius 1 is 0.766 bits per heavy atom. The Morgan fingerprint density at radius 3 is 2.12 bits per heavy atom. The van der Waals surface area contributed by atoms with E-state index in [1.165, 1.54) is 18.2 Å². The summed E-state index contributed by atoms with van der Waals surface area (Å²) < 4.78 is 27.2. The zero-order valence-electron chi connectivity index (χ0n) is 46.7. The molecule has 0 aromatic carbocycles. The van der Waals surface area contributed by atoms with Crippen LogP contribution in [-0.2, 0) is 41.4 Å². The number of likely N-dealkylation sites (tertiary alicyclic amines) is 2. The first kappa shape index (κ1) is 55.5. The van der Waals surface area contributed by atoms with E-state index in [0.29, 0.717) is 100 Å². The summed E-state index contributed by atoms with van der Waals surface area (Å²) in [5.41, 5.74) is 1.08. The van der Waals surface area contributed by atoms with Crippen LogP contribution >= 0.6 is 23.5 Å². The predicted octanol–water partition coefficient (Wildman–Crippen LogP) is 8.91. The van der Waals surface area contributed by atoms with Gasteiger partial charge < -0.3 is 38.4 Å². The highest BCUT2D eigenvalue weighted by atomic mass is 32.2. The van der Waals surface area contributed by atoms with E-state index in [2.05, 4.69) is 47.3 Å². The summed E-state index contributed by atoms with van der Waals surface area (Å²) in [5, 5.41) is 7.81. The molecular weight excluding hydrogens is 1010 g/mol. The Labute approximate surface area is 463 Å². The number of aromatic nitrogens is 6. The molecule has 3 spiro atoms. The van der Waals surface area contributed by atoms with Gasteiger partial charge in [0, 0.05) is 54.7 Å². The average molecular weight is 1100 g/mol. The van der Waals surface area contributed by atoms with Crippen molar-refractivity contribution in [2.45, 2.75) is 201 Å². The Morgan fingerprint density at radius 2 is 1.43 bits per heavy atom. The number of thioether (sulfide) groups is 2. The average Bonchev–Trinajstić information content (AvgIpc) is 4.49. The summed E-state index contributed by atoms with van der Waals surface area (Å²) in [6.45, 7) is 11.2. The van der Waals surface area contributed by atoms with E-state index in [1.807, 2.05) is 13.2 Å². The second kappa shape index (κ2) is 22.8. The Kier molecular flexibility index (Phi) is 16.5. The number of ketones is 3. The number of fused-ring (bicyclic) bond motifs is 3. The number of carbonyl (C=O) groups is 4. The molecule has 0 radical (unpaired) electrons. The molecule has 11 rings (SSSR count). The highest BCUT2D eigenvalue weighted by Gasteiger charge is 2.64. The minimum absolute atomic E-state index is 0.0702. The predicted molar refractivity (Wildman–Crippen MR) is 296 cm³/mol. The van der Waals surface area contributed by atoms with Crippen LogP contribution in [0.5, 0.6) is 0 Å². The van der Waals surface area contributed by atoms with Gasteiger partial charge in [-0.1, -0.05) is 39.5 Å². The van der Waals surface area contributed by atoms with E-state index >= 15 is 0 Å². The molecule has 8 heterocycles. The molecule has 7 fully saturated rings. The van der Waals surface area contributed by atoms with Gasteiger partial charge in [-0.2, -0.15) is 5.10 Å². The number of rotatable bonds is 19. The minimum atomic E-state index is -0.961. The van der Waals surface area contributed by atoms with Crippen LogP contribution in [0.3, 0.4) is 0 Å². The Hall–Kier alpha value is -3.43. The van der Waals surface area contributed by atoms with Gasteiger partial charge in [-0.15, -0.1) is 23.5 Å². The van der Waals surface area contributed by atoms with E-state index in [1.54, 1.807) is 11.8 Å². The van der Waals surface area contributed by atoms with E-state index in [0.717, 1.165) is 130 Å². The SMILES string of the molecule is CCc1nn([C@@H](CCSc2nc(C(=O)C(C)CCC[C@]3(C=O)CCCCC34OCCO4)nc3c2CCN3C(C)[C@@H]2CCCN2C)[C@@H]2CCCN2C)c2nc(C(=O)C3CCC[C@@]4(CCCCC45OCCO5)C3=O)nc(SC)c12. The van der Waals surface area contributed by atoms with Crippen molar-refractivity contribution in [3.8, 4) is 0 Å². The van der Waals surface area contributed by atoms with Crippen LogP contribution in [0.4, 0.5) is 5.82 Å². The summed E-state index contributed by atoms with van der Waals surface area (Å²) in [7, 11) is 4.41. The van der Waals surface area contributed by atoms with Gasteiger partial charge in [-0.3, -0.25) is 14.4 Å². The van der Waals surface area contributed by atoms with Crippen LogP contribution < -0.4 is 4.90 Å². The van der Waals surface area contributed by atoms with Crippen LogP contribution in [0.2, 0.25) is 0 Å². The van der Waals surface area contributed by atoms with Gasteiger partial charge in [0.1, 0.15) is 22.2 Å². The third-order valence-electron chi connectivity index (χ3n) is 19.9. The molecule has 5 aliphatic heterocycles. The number of likely N-dealkylation sites (N-methyl/N-ethyl adjacent to an activating group) is 2. The highest BCUT2D eigenvalue weighted by Crippen LogP contribution is 2.57. The van der Waals surface area contributed by atoms with Crippen LogP contribution in [0.15, 0.2) is 10.1 Å². The Balaban J connectivity index is 0.883. The van der Waals surface area contributed by atoms with Gasteiger partial charge in [0.05, 0.1) is 60.3 Å². The fraction of sp³-hybridized carbons (Fsp3) is 0.776. The zero-order chi connectivity index (χ0) is 53.7. The molecule has 0 bridgehead atoms. The molecule has 0 amide bonds. The van der Waals surface area contributed by atoms with Crippen molar-refractivity contribution >= 4 is 64.0 Å². The summed E-state index contributed by atoms with van der Waals surface area (Å²) in [6, 6.07) is 0.658.